The van der Waals surface area contributed by atoms with Crippen LogP contribution in [0.1, 0.15) is 46.5 Å². The summed E-state index contributed by atoms with van der Waals surface area (Å²) in [5.41, 5.74) is -0.717. The largest absolute Gasteiger partial charge is 0.396 e. The third-order valence-corrected chi connectivity index (χ3v) is 3.73. The first kappa shape index (κ1) is 13.5. The fourth-order valence-corrected chi connectivity index (χ4v) is 2.07. The molecular weight excluding hydrogens is 204 g/mol. The Morgan fingerprint density at radius 2 is 2.31 bits per heavy atom. The van der Waals surface area contributed by atoms with E-state index in [1.165, 1.54) is 0 Å². The van der Waals surface area contributed by atoms with Crippen LogP contribution in [0.25, 0.3) is 0 Å². The van der Waals surface area contributed by atoms with Gasteiger partial charge in [-0.1, -0.05) is 6.92 Å². The fraction of sp³-hybridized carbons (Fsp3) is 0.917. The average molecular weight is 228 g/mol. The zero-order chi connectivity index (χ0) is 12.2. The second-order valence-electron chi connectivity index (χ2n) is 5.20. The van der Waals surface area contributed by atoms with Gasteiger partial charge < -0.3 is 15.7 Å². The summed E-state index contributed by atoms with van der Waals surface area (Å²) in [7, 11) is 0. The predicted molar refractivity (Wildman–Crippen MR) is 64.2 cm³/mol. The Balaban J connectivity index is 2.61. The number of hydrogen-bond acceptors (Lipinski definition) is 3. The van der Waals surface area contributed by atoms with Crippen molar-refractivity contribution in [3.05, 3.63) is 0 Å². The highest BCUT2D eigenvalue weighted by Gasteiger charge is 2.38. The van der Waals surface area contributed by atoms with Gasteiger partial charge in [0.25, 0.3) is 0 Å². The van der Waals surface area contributed by atoms with Crippen molar-refractivity contribution in [3.63, 3.8) is 0 Å². The lowest BCUT2D eigenvalue weighted by Crippen LogP contribution is -2.57. The van der Waals surface area contributed by atoms with Gasteiger partial charge in [0.1, 0.15) is 0 Å². The maximum absolute atomic E-state index is 12.2. The molecule has 0 saturated carbocycles. The Kier molecular flexibility index (Phi) is 4.33. The maximum Gasteiger partial charge on any atom is 0.240 e. The molecular formula is C12H24N2O2. The van der Waals surface area contributed by atoms with E-state index < -0.39 is 5.54 Å². The molecule has 1 rings (SSSR count). The molecule has 1 heterocycles. The van der Waals surface area contributed by atoms with Crippen molar-refractivity contribution >= 4 is 5.91 Å². The van der Waals surface area contributed by atoms with E-state index in [-0.39, 0.29) is 18.1 Å². The lowest BCUT2D eigenvalue weighted by atomic mass is 9.91. The van der Waals surface area contributed by atoms with Gasteiger partial charge in [-0.25, -0.2) is 0 Å². The van der Waals surface area contributed by atoms with E-state index in [1.807, 2.05) is 20.8 Å². The number of amides is 1. The minimum absolute atomic E-state index is 0.0581. The van der Waals surface area contributed by atoms with Crippen molar-refractivity contribution in [2.45, 2.75) is 57.5 Å². The van der Waals surface area contributed by atoms with Gasteiger partial charge in [-0.05, 0) is 46.1 Å². The zero-order valence-corrected chi connectivity index (χ0v) is 10.6. The number of aliphatic hydroxyl groups is 1. The second-order valence-corrected chi connectivity index (χ2v) is 5.20. The van der Waals surface area contributed by atoms with Crippen LogP contribution < -0.4 is 10.6 Å². The summed E-state index contributed by atoms with van der Waals surface area (Å²) in [5, 5.41) is 15.3. The molecule has 0 bridgehead atoms. The maximum atomic E-state index is 12.2. The van der Waals surface area contributed by atoms with Crippen molar-refractivity contribution < 1.29 is 9.90 Å². The molecule has 16 heavy (non-hydrogen) atoms. The molecule has 0 aliphatic carbocycles. The lowest BCUT2D eigenvalue weighted by molar-refractivity contribution is -0.128. The molecule has 2 unspecified atom stereocenters. The van der Waals surface area contributed by atoms with Crippen molar-refractivity contribution in [3.8, 4) is 0 Å². The molecule has 1 saturated heterocycles. The van der Waals surface area contributed by atoms with Gasteiger partial charge in [-0.2, -0.15) is 0 Å². The second kappa shape index (κ2) is 5.15. The number of nitrogens with one attached hydrogen (secondary N) is 2. The first-order valence-electron chi connectivity index (χ1n) is 6.14. The number of aliphatic hydroxyl groups excluding tert-OH is 1. The third kappa shape index (κ3) is 2.95. The first-order valence-corrected chi connectivity index (χ1v) is 6.14. The molecule has 2 atom stereocenters. The van der Waals surface area contributed by atoms with Crippen LogP contribution in [0.3, 0.4) is 0 Å². The van der Waals surface area contributed by atoms with Crippen LogP contribution in [0.15, 0.2) is 0 Å². The van der Waals surface area contributed by atoms with E-state index in [0.717, 1.165) is 25.8 Å². The molecule has 0 aromatic heterocycles. The van der Waals surface area contributed by atoms with Gasteiger partial charge in [0.2, 0.25) is 5.91 Å². The highest BCUT2D eigenvalue weighted by atomic mass is 16.3. The Bertz CT molecular complexity index is 249. The summed E-state index contributed by atoms with van der Waals surface area (Å²) < 4.78 is 0. The van der Waals surface area contributed by atoms with Crippen LogP contribution in [0.4, 0.5) is 0 Å². The van der Waals surface area contributed by atoms with E-state index in [9.17, 15) is 4.79 Å². The zero-order valence-electron chi connectivity index (χ0n) is 10.6. The number of carbonyl (C=O) groups excluding carboxylic acids is 1. The highest BCUT2D eigenvalue weighted by molar-refractivity contribution is 5.86. The van der Waals surface area contributed by atoms with E-state index in [2.05, 4.69) is 10.6 Å². The van der Waals surface area contributed by atoms with Crippen LogP contribution in [-0.4, -0.2) is 35.2 Å². The Labute approximate surface area is 97.8 Å². The van der Waals surface area contributed by atoms with Crippen LogP contribution in [0.5, 0.6) is 0 Å². The van der Waals surface area contributed by atoms with Crippen molar-refractivity contribution in [2.75, 3.05) is 13.2 Å². The van der Waals surface area contributed by atoms with Crippen LogP contribution >= 0.6 is 0 Å². The topological polar surface area (TPSA) is 61.4 Å². The van der Waals surface area contributed by atoms with Crippen LogP contribution in [0.2, 0.25) is 0 Å². The molecule has 0 aromatic rings. The normalized spacial score (nSPS) is 28.8. The Hall–Kier alpha value is -0.610. The van der Waals surface area contributed by atoms with Gasteiger partial charge in [-0.15, -0.1) is 0 Å². The van der Waals surface area contributed by atoms with Crippen molar-refractivity contribution in [2.24, 2.45) is 0 Å². The van der Waals surface area contributed by atoms with E-state index in [4.69, 9.17) is 5.11 Å². The van der Waals surface area contributed by atoms with Crippen LogP contribution in [-0.2, 0) is 4.79 Å². The molecule has 0 radical (unpaired) electrons. The van der Waals surface area contributed by atoms with E-state index >= 15 is 0 Å². The molecule has 0 aromatic carbocycles. The molecule has 4 nitrogen and oxygen atoms in total. The van der Waals surface area contributed by atoms with E-state index in [0.29, 0.717) is 6.42 Å². The predicted octanol–water partition coefficient (Wildman–Crippen LogP) is 0.796. The molecule has 1 fully saturated rings. The summed E-state index contributed by atoms with van der Waals surface area (Å²) in [4.78, 5) is 12.2. The summed E-state index contributed by atoms with van der Waals surface area (Å²) in [6.07, 6.45) is 3.37. The first-order chi connectivity index (χ1) is 7.46. The van der Waals surface area contributed by atoms with Gasteiger partial charge in [0.15, 0.2) is 0 Å². The van der Waals surface area contributed by atoms with Gasteiger partial charge >= 0.3 is 0 Å². The molecule has 94 valence electrons. The fourth-order valence-electron chi connectivity index (χ4n) is 2.07. The summed E-state index contributed by atoms with van der Waals surface area (Å²) in [6.45, 7) is 6.98. The highest BCUT2D eigenvalue weighted by Crippen LogP contribution is 2.21. The molecule has 1 aliphatic heterocycles. The summed E-state index contributed by atoms with van der Waals surface area (Å²) >= 11 is 0. The monoisotopic (exact) mass is 228 g/mol. The Morgan fingerprint density at radius 1 is 1.62 bits per heavy atom. The third-order valence-electron chi connectivity index (χ3n) is 3.73. The SMILES string of the molecule is CCC(C)(CCO)NC(=O)C1(C)CCCN1. The summed E-state index contributed by atoms with van der Waals surface area (Å²) in [5.74, 6) is 0.0581. The standard InChI is InChI=1S/C12H24N2O2/c1-4-11(2,7-9-15)14-10(16)12(3)6-5-8-13-12/h13,15H,4-9H2,1-3H3,(H,14,16). The van der Waals surface area contributed by atoms with E-state index in [1.54, 1.807) is 0 Å². The molecule has 3 N–H and O–H groups in total. The van der Waals surface area contributed by atoms with Crippen molar-refractivity contribution in [1.29, 1.82) is 0 Å². The minimum Gasteiger partial charge on any atom is -0.396 e. The number of hydrogen-bond donors (Lipinski definition) is 3. The van der Waals surface area contributed by atoms with Crippen LogP contribution in [0, 0.1) is 0 Å². The molecule has 4 heteroatoms. The summed E-state index contributed by atoms with van der Waals surface area (Å²) in [6, 6.07) is 0. The van der Waals surface area contributed by atoms with Crippen molar-refractivity contribution in [1.82, 2.24) is 10.6 Å². The van der Waals surface area contributed by atoms with Gasteiger partial charge in [0, 0.05) is 12.1 Å². The van der Waals surface area contributed by atoms with Gasteiger partial charge in [-0.3, -0.25) is 4.79 Å². The quantitative estimate of drug-likeness (QED) is 0.652. The average Bonchev–Trinajstić information content (AvgIpc) is 2.67. The van der Waals surface area contributed by atoms with Gasteiger partial charge in [0.05, 0.1) is 5.54 Å². The molecule has 1 amide bonds. The minimum atomic E-state index is -0.425. The smallest absolute Gasteiger partial charge is 0.240 e. The number of carbonyl (C=O) groups is 1. The number of rotatable bonds is 5. The molecule has 1 aliphatic rings. The molecule has 0 spiro atoms. The lowest BCUT2D eigenvalue weighted by Gasteiger charge is -2.33. The Morgan fingerprint density at radius 3 is 2.75 bits per heavy atom.